The monoisotopic (exact) mass is 487 g/mol. The smallest absolute Gasteiger partial charge is 0.382 e. The van der Waals surface area contributed by atoms with Crippen LogP contribution in [0.5, 0.6) is 0 Å². The van der Waals surface area contributed by atoms with E-state index in [9.17, 15) is 31.1 Å². The molecule has 0 fully saturated rings. The summed E-state index contributed by atoms with van der Waals surface area (Å²) < 4.78 is 82.2. The lowest BCUT2D eigenvalue weighted by molar-refractivity contribution is -0.138. The predicted molar refractivity (Wildman–Crippen MR) is 112 cm³/mol. The van der Waals surface area contributed by atoms with Crippen molar-refractivity contribution in [3.8, 4) is 0 Å². The number of nitrogens with one attached hydrogen (secondary N) is 3. The maximum Gasteiger partial charge on any atom is 0.416 e. The molecule has 3 rings (SSSR count). The molecule has 3 N–H and O–H groups in total. The van der Waals surface area contributed by atoms with Gasteiger partial charge in [-0.2, -0.15) is 31.4 Å². The number of hydrogen-bond donors (Lipinski definition) is 3. The highest BCUT2D eigenvalue weighted by atomic mass is 19.4. The van der Waals surface area contributed by atoms with Crippen molar-refractivity contribution in [1.82, 2.24) is 15.5 Å². The Morgan fingerprint density at radius 1 is 1.06 bits per heavy atom. The van der Waals surface area contributed by atoms with Gasteiger partial charge >= 0.3 is 12.4 Å². The molecule has 0 aliphatic carbocycles. The molecule has 13 heteroatoms. The maximum atomic E-state index is 13.0. The molecule has 0 spiro atoms. The van der Waals surface area contributed by atoms with E-state index in [1.807, 2.05) is 0 Å². The summed E-state index contributed by atoms with van der Waals surface area (Å²) in [5, 5.41) is 11.9. The fourth-order valence-electron chi connectivity index (χ4n) is 2.99. The lowest BCUT2D eigenvalue weighted by Gasteiger charge is -2.14. The van der Waals surface area contributed by atoms with Crippen LogP contribution in [0.2, 0.25) is 0 Å². The number of anilines is 1. The van der Waals surface area contributed by atoms with Crippen molar-refractivity contribution in [3.05, 3.63) is 59.2 Å². The average molecular weight is 487 g/mol. The van der Waals surface area contributed by atoms with E-state index in [0.29, 0.717) is 5.39 Å². The van der Waals surface area contributed by atoms with Gasteiger partial charge in [-0.05, 0) is 49.4 Å². The summed E-state index contributed by atoms with van der Waals surface area (Å²) in [6, 6.07) is 6.08. The number of aromatic amines is 1. The number of carbonyl (C=O) groups is 1. The number of rotatable bonds is 5. The maximum absolute atomic E-state index is 13.0. The van der Waals surface area contributed by atoms with Crippen LogP contribution in [-0.2, 0) is 17.1 Å². The van der Waals surface area contributed by atoms with Gasteiger partial charge < -0.3 is 10.1 Å². The Kier molecular flexibility index (Phi) is 7.15. The fourth-order valence-corrected chi connectivity index (χ4v) is 2.99. The Hall–Kier alpha value is -3.61. The lowest BCUT2D eigenvalue weighted by Crippen LogP contribution is -2.37. The first kappa shape index (κ1) is 25.0. The molecule has 34 heavy (non-hydrogen) atoms. The zero-order chi connectivity index (χ0) is 25.1. The van der Waals surface area contributed by atoms with Crippen molar-refractivity contribution in [2.45, 2.75) is 25.3 Å². The van der Waals surface area contributed by atoms with E-state index in [4.69, 9.17) is 4.74 Å². The number of aromatic nitrogens is 2. The molecule has 1 heterocycles. The van der Waals surface area contributed by atoms with Gasteiger partial charge in [0.25, 0.3) is 5.91 Å². The van der Waals surface area contributed by atoms with Gasteiger partial charge in [0, 0.05) is 18.1 Å². The van der Waals surface area contributed by atoms with Crippen LogP contribution < -0.4 is 10.6 Å². The highest BCUT2D eigenvalue weighted by molar-refractivity contribution is 6.11. The number of H-pyrrole nitrogens is 1. The molecule has 0 aliphatic rings. The third-order valence-electron chi connectivity index (χ3n) is 4.59. The van der Waals surface area contributed by atoms with Crippen LogP contribution in [-0.4, -0.2) is 41.8 Å². The Morgan fingerprint density at radius 3 is 2.26 bits per heavy atom. The van der Waals surface area contributed by atoms with Crippen LogP contribution in [0.1, 0.15) is 28.4 Å². The number of guanidine groups is 1. The number of fused-ring (bicyclic) bond motifs is 1. The molecule has 0 bridgehead atoms. The van der Waals surface area contributed by atoms with Crippen LogP contribution in [0.3, 0.4) is 0 Å². The minimum Gasteiger partial charge on any atom is -0.382 e. The third-order valence-corrected chi connectivity index (χ3v) is 4.59. The summed E-state index contributed by atoms with van der Waals surface area (Å²) in [4.78, 5) is 16.9. The number of halogens is 6. The van der Waals surface area contributed by atoms with Crippen molar-refractivity contribution < 1.29 is 35.9 Å². The van der Waals surface area contributed by atoms with Crippen molar-refractivity contribution in [1.29, 1.82) is 0 Å². The highest BCUT2D eigenvalue weighted by Gasteiger charge is 2.31. The fraction of sp³-hybridized carbons (Fsp3) is 0.286. The first-order chi connectivity index (χ1) is 15.9. The molecule has 182 valence electrons. The molecule has 1 aromatic heterocycles. The van der Waals surface area contributed by atoms with E-state index in [1.165, 1.54) is 13.2 Å². The van der Waals surface area contributed by atoms with Crippen LogP contribution in [0, 0.1) is 0 Å². The van der Waals surface area contributed by atoms with E-state index < -0.39 is 35.4 Å². The largest absolute Gasteiger partial charge is 0.416 e. The van der Waals surface area contributed by atoms with Gasteiger partial charge in [0.2, 0.25) is 5.96 Å². The summed E-state index contributed by atoms with van der Waals surface area (Å²) in [7, 11) is 1.44. The molecule has 0 radical (unpaired) electrons. The molecule has 7 nitrogen and oxygen atoms in total. The van der Waals surface area contributed by atoms with Crippen LogP contribution in [0.15, 0.2) is 47.5 Å². The number of amides is 1. The Bertz CT molecular complexity index is 1190. The van der Waals surface area contributed by atoms with Gasteiger partial charge in [-0.3, -0.25) is 15.2 Å². The normalized spacial score (nSPS) is 13.7. The molecule has 0 aliphatic heterocycles. The molecule has 3 aromatic rings. The first-order valence-electron chi connectivity index (χ1n) is 9.76. The van der Waals surface area contributed by atoms with Gasteiger partial charge in [0.1, 0.15) is 0 Å². The number of hydrogen-bond acceptors (Lipinski definition) is 4. The molecule has 2 aromatic carbocycles. The van der Waals surface area contributed by atoms with E-state index in [2.05, 4.69) is 25.8 Å². The average Bonchev–Trinajstić information content (AvgIpc) is 3.14. The van der Waals surface area contributed by atoms with Gasteiger partial charge in [-0.1, -0.05) is 0 Å². The minimum absolute atomic E-state index is 0.0661. The second-order valence-electron chi connectivity index (χ2n) is 7.27. The second-order valence-corrected chi connectivity index (χ2v) is 7.27. The van der Waals surface area contributed by atoms with Gasteiger partial charge in [0.15, 0.2) is 5.82 Å². The summed E-state index contributed by atoms with van der Waals surface area (Å²) in [5.41, 5.74) is -1.75. The molecular formula is C21H19F6N5O2. The number of carbonyl (C=O) groups excluding carboxylic acids is 1. The highest BCUT2D eigenvalue weighted by Crippen LogP contribution is 2.32. The van der Waals surface area contributed by atoms with E-state index in [-0.39, 0.29) is 29.5 Å². The number of alkyl halides is 6. The molecule has 0 saturated heterocycles. The molecule has 1 atom stereocenters. The Morgan fingerprint density at radius 2 is 1.68 bits per heavy atom. The summed E-state index contributed by atoms with van der Waals surface area (Å²) >= 11 is 0. The molecule has 0 saturated carbocycles. The number of methoxy groups -OCH3 is 1. The van der Waals surface area contributed by atoms with Crippen LogP contribution >= 0.6 is 0 Å². The standard InChI is InChI=1S/C21H19F6N5O2/c1-11(10-34-2)28-19(30-18(33)12-3-5-13(6-4-12)20(22,23)24)29-17-15-8-7-14(21(25,26)27)9-16(15)31-32-17/h3-9,11H,10H2,1-2H3,(H3,28,29,30,31,32,33). The van der Waals surface area contributed by atoms with Gasteiger partial charge in [-0.15, -0.1) is 0 Å². The summed E-state index contributed by atoms with van der Waals surface area (Å²) in [6.45, 7) is 1.85. The summed E-state index contributed by atoms with van der Waals surface area (Å²) in [6.07, 6.45) is -9.09. The lowest BCUT2D eigenvalue weighted by atomic mass is 10.1. The molecule has 1 amide bonds. The van der Waals surface area contributed by atoms with Crippen molar-refractivity contribution in [2.24, 2.45) is 4.99 Å². The quantitative estimate of drug-likeness (QED) is 0.273. The van der Waals surface area contributed by atoms with E-state index in [0.717, 1.165) is 36.4 Å². The second kappa shape index (κ2) is 9.71. The van der Waals surface area contributed by atoms with E-state index in [1.54, 1.807) is 6.92 Å². The first-order valence-corrected chi connectivity index (χ1v) is 9.76. The summed E-state index contributed by atoms with van der Waals surface area (Å²) in [5.74, 6) is -0.800. The SMILES string of the molecule is COCC(C)N=C(NC(=O)c1ccc(C(F)(F)F)cc1)Nc1n[nH]c2cc(C(F)(F)F)ccc12. The topological polar surface area (TPSA) is 91.4 Å². The van der Waals surface area contributed by atoms with Gasteiger partial charge in [0.05, 0.1) is 29.3 Å². The molecule has 1 unspecified atom stereocenters. The molecular weight excluding hydrogens is 468 g/mol. The zero-order valence-corrected chi connectivity index (χ0v) is 17.8. The Labute approximate surface area is 189 Å². The van der Waals surface area contributed by atoms with Crippen molar-refractivity contribution in [2.75, 3.05) is 19.0 Å². The number of nitrogens with zero attached hydrogens (tertiary/aromatic N) is 2. The van der Waals surface area contributed by atoms with Crippen LogP contribution in [0.25, 0.3) is 10.9 Å². The minimum atomic E-state index is -4.55. The van der Waals surface area contributed by atoms with Crippen molar-refractivity contribution in [3.63, 3.8) is 0 Å². The number of aliphatic imine (C=N–C) groups is 1. The Balaban J connectivity index is 1.86. The van der Waals surface area contributed by atoms with Crippen molar-refractivity contribution >= 4 is 28.6 Å². The van der Waals surface area contributed by atoms with Crippen LogP contribution in [0.4, 0.5) is 32.2 Å². The predicted octanol–water partition coefficient (Wildman–Crippen LogP) is 4.83. The van der Waals surface area contributed by atoms with Gasteiger partial charge in [-0.25, -0.2) is 4.99 Å². The number of benzene rings is 2. The zero-order valence-electron chi connectivity index (χ0n) is 17.8. The number of ether oxygens (including phenoxy) is 1. The third kappa shape index (κ3) is 6.04. The van der Waals surface area contributed by atoms with E-state index >= 15 is 0 Å².